The smallest absolute Gasteiger partial charge is 0.241 e. The maximum atomic E-state index is 13.6. The van der Waals surface area contributed by atoms with Crippen molar-refractivity contribution in [2.75, 3.05) is 55.7 Å². The number of benzene rings is 2. The molecule has 6 nitrogen and oxygen atoms in total. The standard InChI is InChI=1S/C26H31N3O3/c1-19-17-26(2,3)29(22-16-24-23(15-21(19)22)31-13-14-32-24)25(30)18-27-9-11-28(12-10-27)20-7-5-4-6-8-20/h4-8,15-17H,9-14,18H2,1-3H3. The van der Waals surface area contributed by atoms with E-state index in [-0.39, 0.29) is 5.91 Å². The number of fused-ring (bicyclic) bond motifs is 2. The first-order chi connectivity index (χ1) is 15.4. The van der Waals surface area contributed by atoms with Crippen molar-refractivity contribution in [3.63, 3.8) is 0 Å². The van der Waals surface area contributed by atoms with Crippen LogP contribution in [0.15, 0.2) is 48.5 Å². The van der Waals surface area contributed by atoms with Crippen molar-refractivity contribution in [3.05, 3.63) is 54.1 Å². The second-order valence-electron chi connectivity index (χ2n) is 9.32. The molecule has 1 saturated heterocycles. The molecule has 1 amide bonds. The highest BCUT2D eigenvalue weighted by Crippen LogP contribution is 2.45. The van der Waals surface area contributed by atoms with E-state index in [4.69, 9.17) is 9.47 Å². The lowest BCUT2D eigenvalue weighted by Crippen LogP contribution is -2.55. The average Bonchev–Trinajstić information content (AvgIpc) is 2.78. The van der Waals surface area contributed by atoms with Crippen LogP contribution in [0.4, 0.5) is 11.4 Å². The van der Waals surface area contributed by atoms with E-state index in [1.165, 1.54) is 5.69 Å². The average molecular weight is 434 g/mol. The molecule has 3 heterocycles. The Hall–Kier alpha value is -2.99. The van der Waals surface area contributed by atoms with Gasteiger partial charge in [-0.2, -0.15) is 0 Å². The molecule has 0 spiro atoms. The molecule has 0 aromatic heterocycles. The zero-order chi connectivity index (χ0) is 22.3. The Morgan fingerprint density at radius 1 is 0.969 bits per heavy atom. The van der Waals surface area contributed by atoms with E-state index in [0.717, 1.165) is 54.5 Å². The molecule has 2 aromatic carbocycles. The SMILES string of the molecule is CC1=CC(C)(C)N(C(=O)CN2CCN(c3ccccc3)CC2)c2cc3c(cc21)OCCO3. The summed E-state index contributed by atoms with van der Waals surface area (Å²) < 4.78 is 11.6. The number of hydrogen-bond donors (Lipinski definition) is 0. The largest absolute Gasteiger partial charge is 0.486 e. The fourth-order valence-electron chi connectivity index (χ4n) is 5.08. The van der Waals surface area contributed by atoms with Gasteiger partial charge in [-0.05, 0) is 44.5 Å². The predicted molar refractivity (Wildman–Crippen MR) is 128 cm³/mol. The minimum absolute atomic E-state index is 0.116. The molecule has 168 valence electrons. The van der Waals surface area contributed by atoms with Crippen molar-refractivity contribution in [2.45, 2.75) is 26.3 Å². The van der Waals surface area contributed by atoms with Gasteiger partial charge >= 0.3 is 0 Å². The van der Waals surface area contributed by atoms with Gasteiger partial charge in [-0.15, -0.1) is 0 Å². The summed E-state index contributed by atoms with van der Waals surface area (Å²) in [4.78, 5) is 20.2. The summed E-state index contributed by atoms with van der Waals surface area (Å²) in [6, 6.07) is 14.5. The molecule has 3 aliphatic heterocycles. The first-order valence-corrected chi connectivity index (χ1v) is 11.4. The quantitative estimate of drug-likeness (QED) is 0.737. The van der Waals surface area contributed by atoms with E-state index in [2.05, 4.69) is 60.9 Å². The third-order valence-electron chi connectivity index (χ3n) is 6.57. The van der Waals surface area contributed by atoms with Crippen molar-refractivity contribution >= 4 is 22.9 Å². The fourth-order valence-corrected chi connectivity index (χ4v) is 5.08. The third-order valence-corrected chi connectivity index (χ3v) is 6.57. The number of piperazine rings is 1. The Morgan fingerprint density at radius 2 is 1.62 bits per heavy atom. The van der Waals surface area contributed by atoms with Gasteiger partial charge in [0.05, 0.1) is 17.8 Å². The van der Waals surface area contributed by atoms with Crippen molar-refractivity contribution in [1.82, 2.24) is 4.90 Å². The third kappa shape index (κ3) is 3.84. The zero-order valence-corrected chi connectivity index (χ0v) is 19.1. The van der Waals surface area contributed by atoms with Crippen molar-refractivity contribution in [1.29, 1.82) is 0 Å². The maximum absolute atomic E-state index is 13.6. The number of anilines is 2. The summed E-state index contributed by atoms with van der Waals surface area (Å²) in [6.07, 6.45) is 2.18. The van der Waals surface area contributed by atoms with Crippen LogP contribution >= 0.6 is 0 Å². The summed E-state index contributed by atoms with van der Waals surface area (Å²) in [7, 11) is 0. The van der Waals surface area contributed by atoms with Crippen molar-refractivity contribution in [2.24, 2.45) is 0 Å². The number of allylic oxidation sites excluding steroid dienone is 1. The Kier molecular flexibility index (Phi) is 5.33. The van der Waals surface area contributed by atoms with E-state index in [9.17, 15) is 4.79 Å². The minimum atomic E-state index is -0.413. The van der Waals surface area contributed by atoms with Crippen LogP contribution in [0, 0.1) is 0 Å². The first-order valence-electron chi connectivity index (χ1n) is 11.4. The molecule has 1 fully saturated rings. The van der Waals surface area contributed by atoms with Gasteiger partial charge in [-0.1, -0.05) is 24.3 Å². The Labute approximate surface area is 190 Å². The van der Waals surface area contributed by atoms with E-state index in [1.807, 2.05) is 23.1 Å². The van der Waals surface area contributed by atoms with Gasteiger partial charge in [0.25, 0.3) is 0 Å². The second-order valence-corrected chi connectivity index (χ2v) is 9.32. The summed E-state index contributed by atoms with van der Waals surface area (Å²) in [5, 5.41) is 0. The topological polar surface area (TPSA) is 45.3 Å². The van der Waals surface area contributed by atoms with Crippen molar-refractivity contribution < 1.29 is 14.3 Å². The molecule has 0 atom stereocenters. The van der Waals surface area contributed by atoms with E-state index in [0.29, 0.717) is 19.8 Å². The number of ether oxygens (including phenoxy) is 2. The van der Waals surface area contributed by atoms with Gasteiger partial charge in [0, 0.05) is 43.5 Å². The molecule has 0 radical (unpaired) electrons. The van der Waals surface area contributed by atoms with Gasteiger partial charge in [0.2, 0.25) is 5.91 Å². The molecular formula is C26H31N3O3. The summed E-state index contributed by atoms with van der Waals surface area (Å²) in [6.45, 7) is 11.4. The molecule has 2 aromatic rings. The Balaban J connectivity index is 1.35. The Bertz CT molecular complexity index is 1040. The van der Waals surface area contributed by atoms with Gasteiger partial charge in [-0.25, -0.2) is 0 Å². The highest BCUT2D eigenvalue weighted by Gasteiger charge is 2.37. The van der Waals surface area contributed by atoms with Crippen LogP contribution < -0.4 is 19.3 Å². The van der Waals surface area contributed by atoms with E-state index < -0.39 is 5.54 Å². The summed E-state index contributed by atoms with van der Waals surface area (Å²) >= 11 is 0. The molecule has 5 rings (SSSR count). The molecule has 0 aliphatic carbocycles. The fraction of sp³-hybridized carbons (Fsp3) is 0.423. The lowest BCUT2D eigenvalue weighted by Gasteiger charge is -2.43. The lowest BCUT2D eigenvalue weighted by molar-refractivity contribution is -0.120. The number of carbonyl (C=O) groups excluding carboxylic acids is 1. The second kappa shape index (κ2) is 8.17. The molecule has 0 N–H and O–H groups in total. The monoisotopic (exact) mass is 433 g/mol. The zero-order valence-electron chi connectivity index (χ0n) is 19.1. The van der Waals surface area contributed by atoms with Crippen LogP contribution in [0.25, 0.3) is 5.57 Å². The van der Waals surface area contributed by atoms with Crippen LogP contribution in [0.5, 0.6) is 11.5 Å². The molecule has 3 aliphatic rings. The number of rotatable bonds is 3. The van der Waals surface area contributed by atoms with Gasteiger partial charge in [0.15, 0.2) is 11.5 Å². The summed E-state index contributed by atoms with van der Waals surface area (Å²) in [5.41, 5.74) is 3.94. The maximum Gasteiger partial charge on any atom is 0.241 e. The van der Waals surface area contributed by atoms with Crippen molar-refractivity contribution in [3.8, 4) is 11.5 Å². The number of carbonyl (C=O) groups is 1. The van der Waals surface area contributed by atoms with E-state index >= 15 is 0 Å². The number of nitrogens with zero attached hydrogens (tertiary/aromatic N) is 3. The number of hydrogen-bond acceptors (Lipinski definition) is 5. The predicted octanol–water partition coefficient (Wildman–Crippen LogP) is 3.81. The van der Waals surface area contributed by atoms with Gasteiger partial charge in [-0.3, -0.25) is 9.69 Å². The van der Waals surface area contributed by atoms with Crippen LogP contribution in [0.1, 0.15) is 26.3 Å². The van der Waals surface area contributed by atoms with Gasteiger partial charge in [0.1, 0.15) is 13.2 Å². The Morgan fingerprint density at radius 3 is 2.31 bits per heavy atom. The number of amides is 1. The van der Waals surface area contributed by atoms with E-state index in [1.54, 1.807) is 0 Å². The molecular weight excluding hydrogens is 402 g/mol. The molecule has 32 heavy (non-hydrogen) atoms. The van der Waals surface area contributed by atoms with Crippen LogP contribution in [0.2, 0.25) is 0 Å². The highest BCUT2D eigenvalue weighted by molar-refractivity contribution is 6.02. The van der Waals surface area contributed by atoms with Crippen LogP contribution in [-0.4, -0.2) is 62.3 Å². The molecule has 6 heteroatoms. The van der Waals surface area contributed by atoms with Gasteiger partial charge < -0.3 is 19.3 Å². The lowest BCUT2D eigenvalue weighted by atomic mass is 9.88. The van der Waals surface area contributed by atoms with Crippen LogP contribution in [0.3, 0.4) is 0 Å². The van der Waals surface area contributed by atoms with Crippen LogP contribution in [-0.2, 0) is 4.79 Å². The molecule has 0 bridgehead atoms. The normalized spacial score (nSPS) is 19.9. The minimum Gasteiger partial charge on any atom is -0.486 e. The molecule has 0 unspecified atom stereocenters. The number of para-hydroxylation sites is 1. The summed E-state index contributed by atoms with van der Waals surface area (Å²) in [5.74, 6) is 1.59. The first kappa shape index (κ1) is 20.9. The highest BCUT2D eigenvalue weighted by atomic mass is 16.6. The molecule has 0 saturated carbocycles.